The van der Waals surface area contributed by atoms with Crippen molar-refractivity contribution in [1.29, 1.82) is 0 Å². The van der Waals surface area contributed by atoms with E-state index in [1.54, 1.807) is 24.3 Å². The van der Waals surface area contributed by atoms with Crippen molar-refractivity contribution in [3.05, 3.63) is 67.7 Å². The van der Waals surface area contributed by atoms with E-state index in [1.165, 1.54) is 17.0 Å². The van der Waals surface area contributed by atoms with Gasteiger partial charge in [0.1, 0.15) is 20.9 Å². The fourth-order valence-corrected chi connectivity index (χ4v) is 4.16. The van der Waals surface area contributed by atoms with Crippen LogP contribution in [0, 0.1) is 10.1 Å². The molecule has 0 bridgehead atoms. The van der Waals surface area contributed by atoms with Gasteiger partial charge in [0.2, 0.25) is 0 Å². The van der Waals surface area contributed by atoms with Crippen LogP contribution in [-0.2, 0) is 4.79 Å². The molecular formula is C17H10Cl2N2O4S2. The van der Waals surface area contributed by atoms with Crippen molar-refractivity contribution in [1.82, 2.24) is 4.90 Å². The zero-order valence-corrected chi connectivity index (χ0v) is 16.6. The molecule has 1 aromatic carbocycles. The number of nitrogens with zero attached hydrogens (tertiary/aromatic N) is 2. The van der Waals surface area contributed by atoms with E-state index in [1.807, 2.05) is 0 Å². The topological polar surface area (TPSA) is 76.6 Å². The summed E-state index contributed by atoms with van der Waals surface area (Å²) in [5, 5.41) is 11.2. The fraction of sp³-hybridized carbons (Fsp3) is 0.0588. The summed E-state index contributed by atoms with van der Waals surface area (Å²) >= 11 is 18.3. The number of benzene rings is 1. The number of nitro groups is 1. The van der Waals surface area contributed by atoms with Gasteiger partial charge < -0.3 is 4.42 Å². The number of furan rings is 1. The Morgan fingerprint density at radius 3 is 2.74 bits per heavy atom. The maximum absolute atomic E-state index is 12.3. The largest absolute Gasteiger partial charge is 0.457 e. The van der Waals surface area contributed by atoms with Crippen LogP contribution >= 0.6 is 47.2 Å². The van der Waals surface area contributed by atoms with Crippen molar-refractivity contribution in [2.75, 3.05) is 6.54 Å². The summed E-state index contributed by atoms with van der Waals surface area (Å²) in [7, 11) is 0. The van der Waals surface area contributed by atoms with Gasteiger partial charge in [0.05, 0.1) is 14.9 Å². The first kappa shape index (κ1) is 19.6. The molecule has 1 aliphatic heterocycles. The van der Waals surface area contributed by atoms with Crippen LogP contribution in [0.4, 0.5) is 5.69 Å². The molecule has 6 nitrogen and oxygen atoms in total. The Bertz CT molecular complexity index is 1020. The van der Waals surface area contributed by atoms with Crippen LogP contribution in [0.2, 0.25) is 10.0 Å². The van der Waals surface area contributed by atoms with Crippen LogP contribution in [0.1, 0.15) is 5.76 Å². The molecule has 2 heterocycles. The lowest BCUT2D eigenvalue weighted by molar-refractivity contribution is -0.384. The molecule has 1 fully saturated rings. The van der Waals surface area contributed by atoms with Gasteiger partial charge in [-0.2, -0.15) is 0 Å². The van der Waals surface area contributed by atoms with E-state index in [4.69, 9.17) is 39.8 Å². The molecule has 0 radical (unpaired) electrons. The first-order valence-electron chi connectivity index (χ1n) is 7.41. The summed E-state index contributed by atoms with van der Waals surface area (Å²) in [6.45, 7) is 3.93. The Kier molecular flexibility index (Phi) is 5.71. The second-order valence-electron chi connectivity index (χ2n) is 5.32. The Morgan fingerprint density at radius 1 is 1.33 bits per heavy atom. The van der Waals surface area contributed by atoms with Crippen molar-refractivity contribution in [3.63, 3.8) is 0 Å². The minimum atomic E-state index is -0.600. The molecule has 1 saturated heterocycles. The Labute approximate surface area is 173 Å². The van der Waals surface area contributed by atoms with E-state index < -0.39 is 4.92 Å². The van der Waals surface area contributed by atoms with E-state index in [-0.39, 0.29) is 21.6 Å². The molecule has 1 aliphatic rings. The second kappa shape index (κ2) is 7.85. The SMILES string of the molecule is C=CCN1C(=O)/C(=C/c2ccc(-c3cc([N+](=O)[O-])c(Cl)cc3Cl)o2)SC1=S. The van der Waals surface area contributed by atoms with E-state index in [9.17, 15) is 14.9 Å². The van der Waals surface area contributed by atoms with Gasteiger partial charge in [0, 0.05) is 24.3 Å². The van der Waals surface area contributed by atoms with Gasteiger partial charge >= 0.3 is 0 Å². The first-order chi connectivity index (χ1) is 12.8. The first-order valence-corrected chi connectivity index (χ1v) is 9.39. The van der Waals surface area contributed by atoms with Gasteiger partial charge in [-0.05, 0) is 18.2 Å². The summed E-state index contributed by atoms with van der Waals surface area (Å²) < 4.78 is 6.13. The highest BCUT2D eigenvalue weighted by atomic mass is 35.5. The summed E-state index contributed by atoms with van der Waals surface area (Å²) in [5.41, 5.74) is 0.0472. The molecule has 0 spiro atoms. The zero-order valence-electron chi connectivity index (χ0n) is 13.5. The van der Waals surface area contributed by atoms with Gasteiger partial charge in [-0.3, -0.25) is 19.8 Å². The molecular weight excluding hydrogens is 431 g/mol. The van der Waals surface area contributed by atoms with E-state index in [2.05, 4.69) is 6.58 Å². The lowest BCUT2D eigenvalue weighted by Crippen LogP contribution is -2.27. The zero-order chi connectivity index (χ0) is 19.7. The molecule has 1 aromatic heterocycles. The predicted octanol–water partition coefficient (Wildman–Crippen LogP) is 5.55. The number of hydrogen-bond donors (Lipinski definition) is 0. The molecule has 27 heavy (non-hydrogen) atoms. The molecule has 3 rings (SSSR count). The van der Waals surface area contributed by atoms with Crippen molar-refractivity contribution in [2.45, 2.75) is 0 Å². The van der Waals surface area contributed by atoms with Gasteiger partial charge in [-0.15, -0.1) is 6.58 Å². The van der Waals surface area contributed by atoms with Crippen LogP contribution in [0.15, 0.2) is 46.2 Å². The maximum Gasteiger partial charge on any atom is 0.288 e. The second-order valence-corrected chi connectivity index (χ2v) is 7.81. The predicted molar refractivity (Wildman–Crippen MR) is 111 cm³/mol. The average Bonchev–Trinajstić information content (AvgIpc) is 3.15. The third kappa shape index (κ3) is 3.93. The van der Waals surface area contributed by atoms with Gasteiger partial charge in [-0.25, -0.2) is 0 Å². The molecule has 0 atom stereocenters. The standard InChI is InChI=1S/C17H10Cl2N2O4S2/c1-2-5-20-16(22)15(27-17(20)26)6-9-3-4-14(25-9)10-7-13(21(23)24)12(19)8-11(10)18/h2-4,6-8H,1,5H2/b15-6-. The fourth-order valence-electron chi connectivity index (χ4n) is 2.36. The number of amides is 1. The monoisotopic (exact) mass is 440 g/mol. The van der Waals surface area contributed by atoms with E-state index in [0.29, 0.717) is 32.9 Å². The summed E-state index contributed by atoms with van der Waals surface area (Å²) in [6.07, 6.45) is 3.15. The van der Waals surface area contributed by atoms with Crippen molar-refractivity contribution in [2.24, 2.45) is 0 Å². The van der Waals surface area contributed by atoms with E-state index in [0.717, 1.165) is 11.8 Å². The number of carbonyl (C=O) groups is 1. The van der Waals surface area contributed by atoms with Crippen molar-refractivity contribution in [3.8, 4) is 11.3 Å². The Morgan fingerprint density at radius 2 is 2.07 bits per heavy atom. The smallest absolute Gasteiger partial charge is 0.288 e. The lowest BCUT2D eigenvalue weighted by atomic mass is 10.1. The van der Waals surface area contributed by atoms with Gasteiger partial charge in [0.25, 0.3) is 11.6 Å². The van der Waals surface area contributed by atoms with Crippen molar-refractivity contribution >= 4 is 69.2 Å². The maximum atomic E-state index is 12.3. The van der Waals surface area contributed by atoms with Gasteiger partial charge in [-0.1, -0.05) is 53.3 Å². The number of nitro benzene ring substituents is 1. The molecule has 0 unspecified atom stereocenters. The molecule has 10 heteroatoms. The Balaban J connectivity index is 1.93. The summed E-state index contributed by atoms with van der Waals surface area (Å²) in [4.78, 5) is 24.7. The minimum absolute atomic E-state index is 0.0635. The normalized spacial score (nSPS) is 15.6. The highest BCUT2D eigenvalue weighted by molar-refractivity contribution is 8.26. The van der Waals surface area contributed by atoms with Gasteiger partial charge in [0.15, 0.2) is 0 Å². The highest BCUT2D eigenvalue weighted by Gasteiger charge is 2.31. The number of thioether (sulfide) groups is 1. The molecule has 1 amide bonds. The van der Waals surface area contributed by atoms with Crippen LogP contribution in [0.3, 0.4) is 0 Å². The van der Waals surface area contributed by atoms with Crippen LogP contribution < -0.4 is 0 Å². The summed E-state index contributed by atoms with van der Waals surface area (Å²) in [6, 6.07) is 5.78. The quantitative estimate of drug-likeness (QED) is 0.199. The van der Waals surface area contributed by atoms with Crippen molar-refractivity contribution < 1.29 is 14.1 Å². The molecule has 138 valence electrons. The minimum Gasteiger partial charge on any atom is -0.457 e. The molecule has 0 aliphatic carbocycles. The third-order valence-electron chi connectivity index (χ3n) is 3.58. The third-order valence-corrected chi connectivity index (χ3v) is 5.58. The average molecular weight is 441 g/mol. The Hall–Kier alpha value is -2.13. The van der Waals surface area contributed by atoms with Crippen LogP contribution in [0.5, 0.6) is 0 Å². The molecule has 0 saturated carbocycles. The number of rotatable bonds is 5. The molecule has 2 aromatic rings. The summed E-state index contributed by atoms with van der Waals surface area (Å²) in [5.74, 6) is 0.466. The lowest BCUT2D eigenvalue weighted by Gasteiger charge is -2.10. The van der Waals surface area contributed by atoms with Crippen LogP contribution in [0.25, 0.3) is 17.4 Å². The molecule has 0 N–H and O–H groups in total. The number of halogens is 2. The number of carbonyl (C=O) groups excluding carboxylic acids is 1. The van der Waals surface area contributed by atoms with Crippen LogP contribution in [-0.4, -0.2) is 26.6 Å². The van der Waals surface area contributed by atoms with E-state index >= 15 is 0 Å². The highest BCUT2D eigenvalue weighted by Crippen LogP contribution is 2.38. The number of hydrogen-bond acceptors (Lipinski definition) is 6. The number of thiocarbonyl (C=S) groups is 1.